The molecule has 1 fully saturated rings. The van der Waals surface area contributed by atoms with Gasteiger partial charge in [0.1, 0.15) is 0 Å². The number of halogens is 1. The van der Waals surface area contributed by atoms with Gasteiger partial charge in [-0.2, -0.15) is 0 Å². The highest BCUT2D eigenvalue weighted by atomic mass is 35.5. The van der Waals surface area contributed by atoms with Crippen molar-refractivity contribution in [2.75, 3.05) is 0 Å². The van der Waals surface area contributed by atoms with Crippen molar-refractivity contribution >= 4 is 11.6 Å². The Labute approximate surface area is 89.7 Å². The normalized spacial score (nSPS) is 25.9. The van der Waals surface area contributed by atoms with Gasteiger partial charge in [0, 0.05) is 23.7 Å². The molecular weight excluding hydrogens is 196 g/mol. The molecule has 1 aromatic heterocycles. The summed E-state index contributed by atoms with van der Waals surface area (Å²) < 4.78 is 0. The van der Waals surface area contributed by atoms with Gasteiger partial charge in [0.05, 0.1) is 5.69 Å². The van der Waals surface area contributed by atoms with Crippen LogP contribution in [0.15, 0.2) is 18.2 Å². The van der Waals surface area contributed by atoms with E-state index in [1.54, 1.807) is 0 Å². The summed E-state index contributed by atoms with van der Waals surface area (Å²) in [6.45, 7) is 2.87. The molecule has 1 saturated carbocycles. The van der Waals surface area contributed by atoms with Crippen molar-refractivity contribution in [1.82, 2.24) is 10.3 Å². The van der Waals surface area contributed by atoms with E-state index in [4.69, 9.17) is 11.6 Å². The van der Waals surface area contributed by atoms with Crippen LogP contribution < -0.4 is 5.32 Å². The summed E-state index contributed by atoms with van der Waals surface area (Å²) in [5.74, 6) is 0. The third-order valence-corrected chi connectivity index (χ3v) is 2.95. The van der Waals surface area contributed by atoms with Gasteiger partial charge < -0.3 is 5.32 Å². The largest absolute Gasteiger partial charge is 0.308 e. The van der Waals surface area contributed by atoms with E-state index in [9.17, 15) is 0 Å². The van der Waals surface area contributed by atoms with E-state index in [2.05, 4.69) is 16.4 Å². The van der Waals surface area contributed by atoms with Crippen LogP contribution in [0.25, 0.3) is 0 Å². The second-order valence-corrected chi connectivity index (χ2v) is 4.53. The van der Waals surface area contributed by atoms with Crippen molar-refractivity contribution < 1.29 is 0 Å². The highest BCUT2D eigenvalue weighted by Gasteiger charge is 2.26. The zero-order valence-electron chi connectivity index (χ0n) is 8.33. The van der Waals surface area contributed by atoms with E-state index in [-0.39, 0.29) is 0 Å². The summed E-state index contributed by atoms with van der Waals surface area (Å²) in [5, 5.41) is 3.83. The number of rotatable bonds is 3. The van der Waals surface area contributed by atoms with Crippen LogP contribution in [0.1, 0.15) is 24.2 Å². The second-order valence-electron chi connectivity index (χ2n) is 3.92. The summed E-state index contributed by atoms with van der Waals surface area (Å²) in [7, 11) is 0. The highest BCUT2D eigenvalue weighted by Crippen LogP contribution is 2.25. The number of nitrogens with one attached hydrogen (secondary N) is 1. The number of hydrogen-bond acceptors (Lipinski definition) is 2. The molecule has 0 aromatic carbocycles. The first-order chi connectivity index (χ1) is 6.74. The summed E-state index contributed by atoms with van der Waals surface area (Å²) in [5.41, 5.74) is 2.19. The van der Waals surface area contributed by atoms with Crippen molar-refractivity contribution in [3.8, 4) is 0 Å². The fourth-order valence-electron chi connectivity index (χ4n) is 1.66. The Bertz CT molecular complexity index is 308. The van der Waals surface area contributed by atoms with Crippen LogP contribution >= 0.6 is 11.6 Å². The van der Waals surface area contributed by atoms with Crippen molar-refractivity contribution in [2.24, 2.45) is 0 Å². The zero-order chi connectivity index (χ0) is 9.97. The maximum atomic E-state index is 5.90. The smallest absolute Gasteiger partial charge is 0.0544 e. The van der Waals surface area contributed by atoms with E-state index < -0.39 is 0 Å². The van der Waals surface area contributed by atoms with E-state index >= 15 is 0 Å². The maximum Gasteiger partial charge on any atom is 0.0544 e. The number of nitrogens with zero attached hydrogens (tertiary/aromatic N) is 1. The lowest BCUT2D eigenvalue weighted by molar-refractivity contribution is 0.343. The SMILES string of the molecule is Cc1cccc(CNC2CC(Cl)C2)n1. The average molecular weight is 211 g/mol. The Morgan fingerprint density at radius 2 is 2.29 bits per heavy atom. The quantitative estimate of drug-likeness (QED) is 0.775. The molecule has 0 saturated heterocycles. The van der Waals surface area contributed by atoms with Crippen LogP contribution in [0.2, 0.25) is 0 Å². The number of aromatic nitrogens is 1. The van der Waals surface area contributed by atoms with Crippen molar-refractivity contribution in [3.63, 3.8) is 0 Å². The monoisotopic (exact) mass is 210 g/mol. The minimum Gasteiger partial charge on any atom is -0.308 e. The highest BCUT2D eigenvalue weighted by molar-refractivity contribution is 6.21. The predicted molar refractivity (Wildman–Crippen MR) is 58.5 cm³/mol. The van der Waals surface area contributed by atoms with Crippen LogP contribution in [0.4, 0.5) is 0 Å². The van der Waals surface area contributed by atoms with E-state index in [1.807, 2.05) is 19.1 Å². The van der Waals surface area contributed by atoms with Crippen molar-refractivity contribution in [3.05, 3.63) is 29.6 Å². The third kappa shape index (κ3) is 2.46. The van der Waals surface area contributed by atoms with Gasteiger partial charge in [-0.05, 0) is 31.9 Å². The van der Waals surface area contributed by atoms with E-state index in [1.165, 1.54) is 0 Å². The lowest BCUT2D eigenvalue weighted by atomic mass is 9.92. The summed E-state index contributed by atoms with van der Waals surface area (Å²) in [6, 6.07) is 6.71. The first kappa shape index (κ1) is 9.94. The minimum atomic E-state index is 0.387. The third-order valence-electron chi connectivity index (χ3n) is 2.60. The Morgan fingerprint density at radius 1 is 1.50 bits per heavy atom. The summed E-state index contributed by atoms with van der Waals surface area (Å²) >= 11 is 5.90. The molecule has 0 bridgehead atoms. The van der Waals surface area contributed by atoms with Crippen molar-refractivity contribution in [2.45, 2.75) is 37.7 Å². The van der Waals surface area contributed by atoms with Gasteiger partial charge in [-0.15, -0.1) is 11.6 Å². The van der Waals surface area contributed by atoms with Gasteiger partial charge in [-0.1, -0.05) is 6.07 Å². The Hall–Kier alpha value is -0.600. The molecular formula is C11H15ClN2. The molecule has 0 radical (unpaired) electrons. The molecule has 0 aliphatic heterocycles. The first-order valence-corrected chi connectivity index (χ1v) is 5.47. The molecule has 1 aliphatic rings. The molecule has 76 valence electrons. The lowest BCUT2D eigenvalue weighted by Crippen LogP contribution is -2.41. The number of hydrogen-bond donors (Lipinski definition) is 1. The zero-order valence-corrected chi connectivity index (χ0v) is 9.09. The van der Waals surface area contributed by atoms with Crippen LogP contribution in [-0.2, 0) is 6.54 Å². The first-order valence-electron chi connectivity index (χ1n) is 5.04. The molecule has 0 unspecified atom stereocenters. The molecule has 1 heterocycles. The molecule has 1 aliphatic carbocycles. The van der Waals surface area contributed by atoms with Gasteiger partial charge >= 0.3 is 0 Å². The standard InChI is InChI=1S/C11H15ClN2/c1-8-3-2-4-10(14-8)7-13-11-5-9(12)6-11/h2-4,9,11,13H,5-7H2,1H3. The molecule has 0 amide bonds. The van der Waals surface area contributed by atoms with Crippen molar-refractivity contribution in [1.29, 1.82) is 0 Å². The Balaban J connectivity index is 1.80. The van der Waals surface area contributed by atoms with Crippen LogP contribution in [0.5, 0.6) is 0 Å². The second kappa shape index (κ2) is 4.28. The van der Waals surface area contributed by atoms with Gasteiger partial charge in [0.2, 0.25) is 0 Å². The number of pyridine rings is 1. The minimum absolute atomic E-state index is 0.387. The molecule has 1 aromatic rings. The fourth-order valence-corrected chi connectivity index (χ4v) is 2.09. The lowest BCUT2D eigenvalue weighted by Gasteiger charge is -2.31. The van der Waals surface area contributed by atoms with Gasteiger partial charge in [0.15, 0.2) is 0 Å². The van der Waals surface area contributed by atoms with E-state index in [0.29, 0.717) is 11.4 Å². The molecule has 14 heavy (non-hydrogen) atoms. The van der Waals surface area contributed by atoms with Crippen LogP contribution in [-0.4, -0.2) is 16.4 Å². The van der Waals surface area contributed by atoms with Gasteiger partial charge in [-0.3, -0.25) is 4.98 Å². The maximum absolute atomic E-state index is 5.90. The number of alkyl halides is 1. The fraction of sp³-hybridized carbons (Fsp3) is 0.545. The summed E-state index contributed by atoms with van der Waals surface area (Å²) in [6.07, 6.45) is 2.18. The molecule has 3 heteroatoms. The predicted octanol–water partition coefficient (Wildman–Crippen LogP) is 2.25. The topological polar surface area (TPSA) is 24.9 Å². The summed E-state index contributed by atoms with van der Waals surface area (Å²) in [4.78, 5) is 4.43. The van der Waals surface area contributed by atoms with Crippen LogP contribution in [0, 0.1) is 6.92 Å². The molecule has 2 nitrogen and oxygen atoms in total. The van der Waals surface area contributed by atoms with Gasteiger partial charge in [0.25, 0.3) is 0 Å². The molecule has 2 rings (SSSR count). The Morgan fingerprint density at radius 3 is 2.93 bits per heavy atom. The number of aryl methyl sites for hydroxylation is 1. The Kier molecular flexibility index (Phi) is 3.04. The van der Waals surface area contributed by atoms with Gasteiger partial charge in [-0.25, -0.2) is 0 Å². The van der Waals surface area contributed by atoms with E-state index in [0.717, 1.165) is 30.8 Å². The van der Waals surface area contributed by atoms with Crippen LogP contribution in [0.3, 0.4) is 0 Å². The average Bonchev–Trinajstić information content (AvgIpc) is 2.11. The molecule has 0 spiro atoms. The molecule has 1 N–H and O–H groups in total. The molecule has 0 atom stereocenters.